The van der Waals surface area contributed by atoms with E-state index in [0.29, 0.717) is 0 Å². The lowest BCUT2D eigenvalue weighted by Crippen LogP contribution is -2.21. The molecule has 0 amide bonds. The maximum absolute atomic E-state index is 6.05. The Labute approximate surface area is 125 Å². The van der Waals surface area contributed by atoms with Gasteiger partial charge in [-0.1, -0.05) is 28.9 Å². The fourth-order valence-electron chi connectivity index (χ4n) is 1.62. The van der Waals surface area contributed by atoms with Gasteiger partial charge in [0.1, 0.15) is 0 Å². The summed E-state index contributed by atoms with van der Waals surface area (Å²) in [6.07, 6.45) is 1.82. The van der Waals surface area contributed by atoms with Gasteiger partial charge in [-0.2, -0.15) is 0 Å². The van der Waals surface area contributed by atoms with Gasteiger partial charge in [0.2, 0.25) is 5.16 Å². The lowest BCUT2D eigenvalue weighted by atomic mass is 10.1. The predicted octanol–water partition coefficient (Wildman–Crippen LogP) is 2.40. The van der Waals surface area contributed by atoms with Crippen LogP contribution in [0.3, 0.4) is 0 Å². The summed E-state index contributed by atoms with van der Waals surface area (Å²) in [4.78, 5) is 1.14. The molecule has 0 fully saturated rings. The molecule has 1 heterocycles. The average Bonchev–Trinajstić information content (AvgIpc) is 2.78. The number of nitrogens with two attached hydrogens (primary N) is 1. The molecule has 0 spiro atoms. The van der Waals surface area contributed by atoms with Gasteiger partial charge in [-0.25, -0.2) is 4.68 Å². The van der Waals surface area contributed by atoms with Crippen molar-refractivity contribution < 1.29 is 0 Å². The van der Waals surface area contributed by atoms with E-state index in [-0.39, 0.29) is 6.04 Å². The van der Waals surface area contributed by atoms with Crippen molar-refractivity contribution in [3.63, 3.8) is 0 Å². The van der Waals surface area contributed by atoms with Crippen molar-refractivity contribution >= 4 is 27.7 Å². The topological polar surface area (TPSA) is 69.6 Å². The number of rotatable bonds is 5. The van der Waals surface area contributed by atoms with E-state index >= 15 is 0 Å². The molecule has 0 saturated heterocycles. The Balaban J connectivity index is 2.27. The first-order valence-corrected chi connectivity index (χ1v) is 7.65. The zero-order valence-electron chi connectivity index (χ0n) is 10.9. The molecule has 0 bridgehead atoms. The molecule has 5 nitrogen and oxygen atoms in total. The molecule has 1 aromatic heterocycles. The highest BCUT2D eigenvalue weighted by molar-refractivity contribution is 9.10. The zero-order chi connectivity index (χ0) is 13.8. The van der Waals surface area contributed by atoms with E-state index in [1.165, 1.54) is 5.56 Å². The molecule has 0 radical (unpaired) electrons. The van der Waals surface area contributed by atoms with Crippen LogP contribution in [0.1, 0.15) is 18.9 Å². The van der Waals surface area contributed by atoms with Crippen LogP contribution in [0.15, 0.2) is 32.7 Å². The van der Waals surface area contributed by atoms with Crippen molar-refractivity contribution in [2.24, 2.45) is 12.8 Å². The molecule has 1 atom stereocenters. The van der Waals surface area contributed by atoms with Crippen molar-refractivity contribution in [1.82, 2.24) is 20.2 Å². The molecule has 19 heavy (non-hydrogen) atoms. The van der Waals surface area contributed by atoms with E-state index in [9.17, 15) is 0 Å². The smallest absolute Gasteiger partial charge is 0.213 e. The molecular weight excluding hydrogens is 326 g/mol. The number of aryl methyl sites for hydroxylation is 1. The molecule has 0 aliphatic heterocycles. The molecule has 0 saturated carbocycles. The lowest BCUT2D eigenvalue weighted by Gasteiger charge is -2.13. The van der Waals surface area contributed by atoms with Gasteiger partial charge in [-0.05, 0) is 52.7 Å². The zero-order valence-corrected chi connectivity index (χ0v) is 13.3. The second kappa shape index (κ2) is 6.49. The van der Waals surface area contributed by atoms with Gasteiger partial charge in [0.15, 0.2) is 0 Å². The Morgan fingerprint density at radius 3 is 2.89 bits per heavy atom. The van der Waals surface area contributed by atoms with E-state index in [4.69, 9.17) is 5.73 Å². The molecule has 2 aromatic rings. The summed E-state index contributed by atoms with van der Waals surface area (Å²) in [6, 6.07) is 6.40. The maximum Gasteiger partial charge on any atom is 0.213 e. The highest BCUT2D eigenvalue weighted by Crippen LogP contribution is 2.31. The van der Waals surface area contributed by atoms with E-state index in [1.807, 2.05) is 13.1 Å². The summed E-state index contributed by atoms with van der Waals surface area (Å²) in [7, 11) is 1.83. The molecular formula is C12H16BrN5S. The Morgan fingerprint density at radius 1 is 1.47 bits per heavy atom. The van der Waals surface area contributed by atoms with Crippen molar-refractivity contribution in [2.75, 3.05) is 0 Å². The van der Waals surface area contributed by atoms with Gasteiger partial charge in [0, 0.05) is 22.5 Å². The Hall–Kier alpha value is -0.920. The minimum atomic E-state index is 0.179. The summed E-state index contributed by atoms with van der Waals surface area (Å²) in [5.74, 6) is 0. The third-order valence-electron chi connectivity index (χ3n) is 2.82. The quantitative estimate of drug-likeness (QED) is 0.904. The number of hydrogen-bond acceptors (Lipinski definition) is 5. The first kappa shape index (κ1) is 14.5. The third-order valence-corrected chi connectivity index (χ3v) is 4.44. The highest BCUT2D eigenvalue weighted by atomic mass is 79.9. The van der Waals surface area contributed by atoms with Crippen LogP contribution in [0, 0.1) is 0 Å². The third kappa shape index (κ3) is 3.77. The van der Waals surface area contributed by atoms with Gasteiger partial charge in [0.25, 0.3) is 0 Å². The second-order valence-electron chi connectivity index (χ2n) is 4.31. The fourth-order valence-corrected chi connectivity index (χ4v) is 3.05. The van der Waals surface area contributed by atoms with Gasteiger partial charge < -0.3 is 5.73 Å². The van der Waals surface area contributed by atoms with Gasteiger partial charge in [0.05, 0.1) is 0 Å². The number of hydrogen-bond donors (Lipinski definition) is 1. The largest absolute Gasteiger partial charge is 0.327 e. The normalized spacial score (nSPS) is 12.6. The molecule has 1 unspecified atom stereocenters. The van der Waals surface area contributed by atoms with E-state index in [1.54, 1.807) is 16.4 Å². The van der Waals surface area contributed by atoms with E-state index < -0.39 is 0 Å². The number of benzene rings is 1. The van der Waals surface area contributed by atoms with Crippen LogP contribution in [0.4, 0.5) is 0 Å². The van der Waals surface area contributed by atoms with E-state index in [2.05, 4.69) is 50.5 Å². The van der Waals surface area contributed by atoms with Gasteiger partial charge in [-0.3, -0.25) is 0 Å². The summed E-state index contributed by atoms with van der Waals surface area (Å²) in [5.41, 5.74) is 7.28. The fraction of sp³-hybridized carbons (Fsp3) is 0.417. The summed E-state index contributed by atoms with van der Waals surface area (Å²) in [5, 5.41) is 12.3. The lowest BCUT2D eigenvalue weighted by molar-refractivity contribution is 0.640. The molecule has 0 aliphatic carbocycles. The first-order valence-electron chi connectivity index (χ1n) is 6.04. The van der Waals surface area contributed by atoms with Crippen molar-refractivity contribution in [3.05, 3.63) is 28.2 Å². The van der Waals surface area contributed by atoms with Crippen molar-refractivity contribution in [2.45, 2.75) is 35.9 Å². The number of tetrazole rings is 1. The molecule has 102 valence electrons. The highest BCUT2D eigenvalue weighted by Gasteiger charge is 2.12. The predicted molar refractivity (Wildman–Crippen MR) is 79.0 cm³/mol. The average molecular weight is 342 g/mol. The number of halogens is 1. The van der Waals surface area contributed by atoms with Gasteiger partial charge in [-0.15, -0.1) is 5.10 Å². The summed E-state index contributed by atoms with van der Waals surface area (Å²) in [6.45, 7) is 2.10. The second-order valence-corrected chi connectivity index (χ2v) is 6.24. The maximum atomic E-state index is 6.05. The van der Waals surface area contributed by atoms with Crippen LogP contribution in [-0.2, 0) is 13.5 Å². The Bertz CT molecular complexity index is 557. The molecule has 2 N–H and O–H groups in total. The molecule has 7 heteroatoms. The van der Waals surface area contributed by atoms with Crippen LogP contribution in [-0.4, -0.2) is 26.2 Å². The van der Waals surface area contributed by atoms with Gasteiger partial charge >= 0.3 is 0 Å². The number of aromatic nitrogens is 4. The molecule has 2 rings (SSSR count). The van der Waals surface area contributed by atoms with Crippen LogP contribution < -0.4 is 5.73 Å². The minimum absolute atomic E-state index is 0.179. The SMILES string of the molecule is CCC(N)Cc1ccc(Br)cc1Sc1nnnn1C. The summed E-state index contributed by atoms with van der Waals surface area (Å²) < 4.78 is 2.70. The Morgan fingerprint density at radius 2 is 2.26 bits per heavy atom. The standard InChI is InChI=1S/C12H16BrN5S/c1-3-10(14)6-8-4-5-9(13)7-11(8)19-12-15-16-17-18(12)2/h4-5,7,10H,3,6,14H2,1-2H3. The van der Waals surface area contributed by atoms with Crippen LogP contribution >= 0.6 is 27.7 Å². The molecule has 0 aliphatic rings. The van der Waals surface area contributed by atoms with Crippen molar-refractivity contribution in [1.29, 1.82) is 0 Å². The van der Waals surface area contributed by atoms with Crippen LogP contribution in [0.2, 0.25) is 0 Å². The van der Waals surface area contributed by atoms with Crippen LogP contribution in [0.5, 0.6) is 0 Å². The minimum Gasteiger partial charge on any atom is -0.327 e. The summed E-state index contributed by atoms with van der Waals surface area (Å²) >= 11 is 5.05. The number of nitrogens with zero attached hydrogens (tertiary/aromatic N) is 4. The Kier molecular flexibility index (Phi) is 4.95. The van der Waals surface area contributed by atoms with Crippen molar-refractivity contribution in [3.8, 4) is 0 Å². The molecule has 1 aromatic carbocycles. The monoisotopic (exact) mass is 341 g/mol. The first-order chi connectivity index (χ1) is 9.10. The van der Waals surface area contributed by atoms with Crippen LogP contribution in [0.25, 0.3) is 0 Å². The van der Waals surface area contributed by atoms with E-state index in [0.717, 1.165) is 27.4 Å².